The van der Waals surface area contributed by atoms with Crippen LogP contribution in [0.1, 0.15) is 0 Å². The second kappa shape index (κ2) is 8.82. The molecule has 0 heterocycles. The maximum Gasteiger partial charge on any atom is 0.0685 e. The molecule has 0 saturated heterocycles. The second-order valence-corrected chi connectivity index (χ2v) is 8.10. The van der Waals surface area contributed by atoms with Gasteiger partial charge in [0.2, 0.25) is 0 Å². The van der Waals surface area contributed by atoms with Crippen molar-refractivity contribution in [3.05, 3.63) is 50.6 Å². The maximum absolute atomic E-state index is 3.82. The van der Waals surface area contributed by atoms with Crippen molar-refractivity contribution in [1.82, 2.24) is 0 Å². The van der Waals surface area contributed by atoms with Gasteiger partial charge in [-0.1, -0.05) is 24.3 Å². The van der Waals surface area contributed by atoms with Gasteiger partial charge in [-0.3, -0.25) is 0 Å². The van der Waals surface area contributed by atoms with Gasteiger partial charge in [-0.25, -0.2) is 0 Å². The minimum atomic E-state index is -1.27. The number of rotatable bonds is 8. The number of hydrogen-bond acceptors (Lipinski definition) is 0. The maximum atomic E-state index is 3.82. The summed E-state index contributed by atoms with van der Waals surface area (Å²) in [4.78, 5) is 0. The summed E-state index contributed by atoms with van der Waals surface area (Å²) in [5.41, 5.74) is 0. The van der Waals surface area contributed by atoms with Gasteiger partial charge < -0.3 is 0 Å². The highest BCUT2D eigenvalue weighted by Crippen LogP contribution is 2.27. The van der Waals surface area contributed by atoms with Crippen LogP contribution in [0.25, 0.3) is 0 Å². The van der Waals surface area contributed by atoms with Gasteiger partial charge in [0.15, 0.2) is 0 Å². The van der Waals surface area contributed by atoms with E-state index in [0.29, 0.717) is 0 Å². The first-order chi connectivity index (χ1) is 6.24. The molecule has 0 aliphatic rings. The van der Waals surface area contributed by atoms with E-state index < -0.39 is 8.07 Å². The predicted octanol–water partition coefficient (Wildman–Crippen LogP) is 3.80. The third kappa shape index (κ3) is 5.08. The molecule has 14 heavy (non-hydrogen) atoms. The van der Waals surface area contributed by atoms with E-state index in [1.807, 2.05) is 24.3 Å². The smallest absolute Gasteiger partial charge is 0.0685 e. The van der Waals surface area contributed by atoms with Gasteiger partial charge in [0.1, 0.15) is 0 Å². The molecule has 3 radical (unpaired) electrons. The predicted molar refractivity (Wildman–Crippen MR) is 71.5 cm³/mol. The van der Waals surface area contributed by atoms with Gasteiger partial charge in [0.25, 0.3) is 0 Å². The van der Waals surface area contributed by atoms with Gasteiger partial charge in [0, 0.05) is 8.41 Å². The molecule has 0 bridgehead atoms. The molecule has 0 rings (SSSR count). The Bertz CT molecular complexity index is 151. The quantitative estimate of drug-likeness (QED) is 0.415. The Morgan fingerprint density at radius 2 is 0.857 bits per heavy atom. The lowest BCUT2D eigenvalue weighted by atomic mass is 10.7. The SMILES string of the molecule is C=CC[Si](CC=C)(CC=C)CC=C.[B]. The van der Waals surface area contributed by atoms with Crippen LogP contribution in [0.5, 0.6) is 0 Å². The zero-order valence-electron chi connectivity index (χ0n) is 9.04. The largest absolute Gasteiger partial charge is 0.103 e. The van der Waals surface area contributed by atoms with Gasteiger partial charge in [-0.05, 0) is 24.2 Å². The third-order valence-electron chi connectivity index (χ3n) is 2.31. The fourth-order valence-electron chi connectivity index (χ4n) is 1.72. The van der Waals surface area contributed by atoms with E-state index in [4.69, 9.17) is 0 Å². The normalized spacial score (nSPS) is 9.71. The molecule has 0 aliphatic carbocycles. The first-order valence-electron chi connectivity index (χ1n) is 4.68. The molecule has 2 heteroatoms. The molecular weight excluding hydrogens is 183 g/mol. The summed E-state index contributed by atoms with van der Waals surface area (Å²) in [5, 5.41) is 0. The zero-order chi connectivity index (χ0) is 10.2. The van der Waals surface area contributed by atoms with E-state index in [2.05, 4.69) is 26.3 Å². The number of allylic oxidation sites excluding steroid dienone is 4. The van der Waals surface area contributed by atoms with E-state index in [1.165, 1.54) is 0 Å². The van der Waals surface area contributed by atoms with Crippen LogP contribution in [0.15, 0.2) is 50.6 Å². The molecule has 0 unspecified atom stereocenters. The Morgan fingerprint density at radius 1 is 0.643 bits per heavy atom. The van der Waals surface area contributed by atoms with Crippen molar-refractivity contribution in [2.45, 2.75) is 24.2 Å². The lowest BCUT2D eigenvalue weighted by Crippen LogP contribution is -2.30. The van der Waals surface area contributed by atoms with Crippen molar-refractivity contribution in [1.29, 1.82) is 0 Å². The summed E-state index contributed by atoms with van der Waals surface area (Å²) < 4.78 is 0. The molecule has 0 atom stereocenters. The summed E-state index contributed by atoms with van der Waals surface area (Å²) in [5.74, 6) is 0. The average molecular weight is 203 g/mol. The van der Waals surface area contributed by atoms with Crippen LogP contribution in [-0.2, 0) is 0 Å². The summed E-state index contributed by atoms with van der Waals surface area (Å²) in [6.45, 7) is 15.3. The molecule has 0 aromatic heterocycles. The van der Waals surface area contributed by atoms with E-state index in [0.717, 1.165) is 24.2 Å². The lowest BCUT2D eigenvalue weighted by molar-refractivity contribution is 1.30. The van der Waals surface area contributed by atoms with Crippen LogP contribution in [0, 0.1) is 0 Å². The Labute approximate surface area is 91.7 Å². The molecular formula is C12H20BSi. The van der Waals surface area contributed by atoms with Crippen molar-refractivity contribution in [3.8, 4) is 0 Å². The Hall–Kier alpha value is -0.758. The van der Waals surface area contributed by atoms with E-state index in [-0.39, 0.29) is 8.41 Å². The molecule has 0 amide bonds. The molecule has 0 N–H and O–H groups in total. The zero-order valence-corrected chi connectivity index (χ0v) is 10.0. The monoisotopic (exact) mass is 203 g/mol. The van der Waals surface area contributed by atoms with Crippen LogP contribution >= 0.6 is 0 Å². The Morgan fingerprint density at radius 3 is 1.00 bits per heavy atom. The first-order valence-corrected chi connectivity index (χ1v) is 7.51. The summed E-state index contributed by atoms with van der Waals surface area (Å²) in [7, 11) is -1.27. The minimum Gasteiger partial charge on any atom is -0.103 e. The fraction of sp³-hybridized carbons (Fsp3) is 0.333. The highest BCUT2D eigenvalue weighted by Gasteiger charge is 2.26. The summed E-state index contributed by atoms with van der Waals surface area (Å²) in [6.07, 6.45) is 8.12. The molecule has 75 valence electrons. The Balaban J connectivity index is 0. The van der Waals surface area contributed by atoms with Crippen LogP contribution in [0.2, 0.25) is 24.2 Å². The van der Waals surface area contributed by atoms with Crippen molar-refractivity contribution in [3.63, 3.8) is 0 Å². The van der Waals surface area contributed by atoms with Crippen LogP contribution in [0.4, 0.5) is 0 Å². The van der Waals surface area contributed by atoms with Gasteiger partial charge in [-0.15, -0.1) is 26.3 Å². The van der Waals surface area contributed by atoms with Crippen LogP contribution in [0.3, 0.4) is 0 Å². The Kier molecular flexibility index (Phi) is 9.90. The van der Waals surface area contributed by atoms with Gasteiger partial charge >= 0.3 is 0 Å². The first kappa shape index (κ1) is 15.7. The van der Waals surface area contributed by atoms with Crippen molar-refractivity contribution < 1.29 is 0 Å². The van der Waals surface area contributed by atoms with Crippen molar-refractivity contribution >= 4 is 16.5 Å². The summed E-state index contributed by atoms with van der Waals surface area (Å²) >= 11 is 0. The molecule has 0 saturated carbocycles. The summed E-state index contributed by atoms with van der Waals surface area (Å²) in [6, 6.07) is 4.54. The fourth-order valence-corrected chi connectivity index (χ4v) is 5.17. The van der Waals surface area contributed by atoms with Crippen LogP contribution in [-0.4, -0.2) is 16.5 Å². The molecule has 0 nitrogen and oxygen atoms in total. The average Bonchev–Trinajstić information content (AvgIpc) is 2.06. The minimum absolute atomic E-state index is 0. The van der Waals surface area contributed by atoms with Gasteiger partial charge in [0.05, 0.1) is 8.07 Å². The second-order valence-electron chi connectivity index (χ2n) is 3.47. The van der Waals surface area contributed by atoms with Gasteiger partial charge in [-0.2, -0.15) is 0 Å². The molecule has 0 spiro atoms. The van der Waals surface area contributed by atoms with E-state index in [1.54, 1.807) is 0 Å². The highest BCUT2D eigenvalue weighted by molar-refractivity contribution is 6.81. The highest BCUT2D eigenvalue weighted by atomic mass is 28.3. The van der Waals surface area contributed by atoms with Crippen LogP contribution < -0.4 is 0 Å². The standard InChI is InChI=1S/C12H20Si.B/c1-5-9-13(10-6-2,11-7-3)12-8-4;/h5-8H,1-4,9-12H2;. The van der Waals surface area contributed by atoms with E-state index >= 15 is 0 Å². The molecule has 0 fully saturated rings. The third-order valence-corrected chi connectivity index (χ3v) is 6.93. The molecule has 0 aliphatic heterocycles. The lowest BCUT2D eigenvalue weighted by Gasteiger charge is -2.27. The molecule has 0 aromatic rings. The van der Waals surface area contributed by atoms with E-state index in [9.17, 15) is 0 Å². The van der Waals surface area contributed by atoms with Crippen molar-refractivity contribution in [2.75, 3.05) is 0 Å². The molecule has 0 aromatic carbocycles. The topological polar surface area (TPSA) is 0 Å². The van der Waals surface area contributed by atoms with Crippen molar-refractivity contribution in [2.24, 2.45) is 0 Å². The number of hydrogen-bond donors (Lipinski definition) is 0.